The minimum absolute atomic E-state index is 0.184. The van der Waals surface area contributed by atoms with Gasteiger partial charge in [-0.25, -0.2) is 4.98 Å². The maximum Gasteiger partial charge on any atom is 0.258 e. The zero-order valence-corrected chi connectivity index (χ0v) is 14.4. The molecule has 1 N–H and O–H groups in total. The molecule has 0 saturated heterocycles. The summed E-state index contributed by atoms with van der Waals surface area (Å²) in [5.74, 6) is -0.452. The van der Waals surface area contributed by atoms with Crippen LogP contribution in [0.3, 0.4) is 0 Å². The third-order valence-electron chi connectivity index (χ3n) is 3.14. The molecular weight excluding hydrogens is 403 g/mol. The molecule has 8 heteroatoms. The van der Waals surface area contributed by atoms with Gasteiger partial charge in [0.25, 0.3) is 5.91 Å². The number of benzene rings is 1. The number of nitriles is 1. The van der Waals surface area contributed by atoms with Crippen LogP contribution in [0.4, 0.5) is 5.69 Å². The van der Waals surface area contributed by atoms with E-state index in [2.05, 4.69) is 26.2 Å². The summed E-state index contributed by atoms with van der Waals surface area (Å²) in [6, 6.07) is 10.2. The largest absolute Gasteiger partial charge is 0.319 e. The first-order valence-electron chi connectivity index (χ1n) is 6.35. The Bertz CT molecular complexity index is 957. The molecule has 3 aromatic rings. The number of carbonyl (C=O) groups is 1. The summed E-state index contributed by atoms with van der Waals surface area (Å²) in [4.78, 5) is 16.7. The summed E-state index contributed by atoms with van der Waals surface area (Å²) in [5, 5.41) is 12.3. The fraction of sp³-hybridized carbons (Fsp3) is 0. The van der Waals surface area contributed by atoms with E-state index in [9.17, 15) is 4.79 Å². The van der Waals surface area contributed by atoms with Crippen LogP contribution < -0.4 is 5.32 Å². The van der Waals surface area contributed by atoms with E-state index in [-0.39, 0.29) is 21.3 Å². The molecule has 0 radical (unpaired) electrons. The monoisotopic (exact) mass is 408 g/mol. The first kappa shape index (κ1) is 15.8. The number of hydrogen-bond acceptors (Lipinski definition) is 3. The first-order chi connectivity index (χ1) is 11.0. The molecule has 0 spiro atoms. The number of hydrogen-bond donors (Lipinski definition) is 1. The van der Waals surface area contributed by atoms with Crippen LogP contribution in [0.1, 0.15) is 16.1 Å². The predicted molar refractivity (Wildman–Crippen MR) is 92.0 cm³/mol. The highest BCUT2D eigenvalue weighted by Crippen LogP contribution is 2.27. The Morgan fingerprint density at radius 3 is 2.61 bits per heavy atom. The van der Waals surface area contributed by atoms with Gasteiger partial charge < -0.3 is 5.32 Å². The number of aromatic nitrogens is 2. The van der Waals surface area contributed by atoms with E-state index in [1.807, 2.05) is 6.07 Å². The molecule has 3 rings (SSSR count). The molecule has 0 saturated carbocycles. The summed E-state index contributed by atoms with van der Waals surface area (Å²) in [6.07, 6.45) is 1.73. The molecule has 0 aliphatic rings. The van der Waals surface area contributed by atoms with E-state index in [1.54, 1.807) is 40.9 Å². The number of anilines is 1. The van der Waals surface area contributed by atoms with Crippen LogP contribution >= 0.6 is 39.1 Å². The lowest BCUT2D eigenvalue weighted by Crippen LogP contribution is -2.14. The SMILES string of the molecule is N#Cc1nc2c(NC(=O)c3c(Cl)cccc3Cl)cccn2c1Br. The van der Waals surface area contributed by atoms with Gasteiger partial charge in [0.2, 0.25) is 0 Å². The lowest BCUT2D eigenvalue weighted by Gasteiger charge is -2.09. The summed E-state index contributed by atoms with van der Waals surface area (Å²) in [7, 11) is 0. The van der Waals surface area contributed by atoms with Crippen molar-refractivity contribution in [1.29, 1.82) is 5.26 Å². The smallest absolute Gasteiger partial charge is 0.258 e. The van der Waals surface area contributed by atoms with Gasteiger partial charge >= 0.3 is 0 Å². The summed E-state index contributed by atoms with van der Waals surface area (Å²) in [6.45, 7) is 0. The number of amides is 1. The summed E-state index contributed by atoms with van der Waals surface area (Å²) >= 11 is 15.4. The van der Waals surface area contributed by atoms with Crippen LogP contribution in [0.5, 0.6) is 0 Å². The standard InChI is InChI=1S/C15H7BrCl2N4O/c16-13-11(7-19)20-14-10(5-2-6-22(13)14)21-15(23)12-8(17)3-1-4-9(12)18/h1-6H,(H,21,23). The number of carbonyl (C=O) groups excluding carboxylic acids is 1. The molecule has 0 atom stereocenters. The fourth-order valence-corrected chi connectivity index (χ4v) is 3.14. The first-order valence-corrected chi connectivity index (χ1v) is 7.90. The van der Waals surface area contributed by atoms with E-state index in [4.69, 9.17) is 28.5 Å². The number of fused-ring (bicyclic) bond motifs is 1. The number of nitrogens with one attached hydrogen (secondary N) is 1. The Labute approximate surface area is 149 Å². The van der Waals surface area contributed by atoms with Gasteiger partial charge in [0.15, 0.2) is 11.3 Å². The van der Waals surface area contributed by atoms with Crippen LogP contribution in [-0.2, 0) is 0 Å². The summed E-state index contributed by atoms with van der Waals surface area (Å²) in [5.41, 5.74) is 1.29. The summed E-state index contributed by atoms with van der Waals surface area (Å²) < 4.78 is 2.17. The number of imidazole rings is 1. The van der Waals surface area contributed by atoms with E-state index in [0.29, 0.717) is 15.9 Å². The maximum atomic E-state index is 12.5. The molecule has 23 heavy (non-hydrogen) atoms. The average Bonchev–Trinajstić information content (AvgIpc) is 2.85. The predicted octanol–water partition coefficient (Wildman–Crippen LogP) is 4.53. The lowest BCUT2D eigenvalue weighted by molar-refractivity contribution is 0.102. The third-order valence-corrected chi connectivity index (χ3v) is 4.52. The zero-order chi connectivity index (χ0) is 16.6. The molecule has 2 heterocycles. The Morgan fingerprint density at radius 1 is 1.26 bits per heavy atom. The molecule has 114 valence electrons. The van der Waals surface area contributed by atoms with E-state index in [1.165, 1.54) is 0 Å². The number of pyridine rings is 1. The van der Waals surface area contributed by atoms with Crippen molar-refractivity contribution in [2.45, 2.75) is 0 Å². The van der Waals surface area contributed by atoms with E-state index >= 15 is 0 Å². The molecule has 0 bridgehead atoms. The Balaban J connectivity index is 2.06. The van der Waals surface area contributed by atoms with Crippen LogP contribution in [0.2, 0.25) is 10.0 Å². The van der Waals surface area contributed by atoms with Crippen molar-refractivity contribution in [3.8, 4) is 6.07 Å². The van der Waals surface area contributed by atoms with Gasteiger partial charge in [0.1, 0.15) is 10.7 Å². The quantitative estimate of drug-likeness (QED) is 0.675. The number of nitrogens with zero attached hydrogens (tertiary/aromatic N) is 3. The maximum absolute atomic E-state index is 12.5. The van der Waals surface area contributed by atoms with Gasteiger partial charge in [-0.1, -0.05) is 29.3 Å². The van der Waals surface area contributed by atoms with Crippen molar-refractivity contribution in [2.75, 3.05) is 5.32 Å². The Morgan fingerprint density at radius 2 is 1.96 bits per heavy atom. The molecule has 1 aromatic carbocycles. The molecule has 0 fully saturated rings. The van der Waals surface area contributed by atoms with Crippen LogP contribution in [0.15, 0.2) is 41.1 Å². The number of rotatable bonds is 2. The van der Waals surface area contributed by atoms with Gasteiger partial charge in [-0.05, 0) is 40.2 Å². The lowest BCUT2D eigenvalue weighted by atomic mass is 10.2. The minimum Gasteiger partial charge on any atom is -0.319 e. The van der Waals surface area contributed by atoms with Crippen LogP contribution in [0, 0.1) is 11.3 Å². The second-order valence-electron chi connectivity index (χ2n) is 4.53. The van der Waals surface area contributed by atoms with Crippen molar-refractivity contribution >= 4 is 56.4 Å². The molecular formula is C15H7BrCl2N4O. The molecule has 0 aliphatic carbocycles. The second-order valence-corrected chi connectivity index (χ2v) is 6.09. The van der Waals surface area contributed by atoms with Gasteiger partial charge in [0.05, 0.1) is 21.3 Å². The second kappa shape index (κ2) is 6.20. The molecule has 2 aromatic heterocycles. The highest BCUT2D eigenvalue weighted by Gasteiger charge is 2.18. The van der Waals surface area contributed by atoms with E-state index < -0.39 is 5.91 Å². The Kier molecular flexibility index (Phi) is 4.26. The fourth-order valence-electron chi connectivity index (χ4n) is 2.11. The van der Waals surface area contributed by atoms with Gasteiger partial charge in [-0.15, -0.1) is 0 Å². The average molecular weight is 410 g/mol. The molecule has 0 aliphatic heterocycles. The Hall–Kier alpha value is -2.07. The normalized spacial score (nSPS) is 10.5. The highest BCUT2D eigenvalue weighted by molar-refractivity contribution is 9.10. The topological polar surface area (TPSA) is 70.2 Å². The van der Waals surface area contributed by atoms with Crippen molar-refractivity contribution in [1.82, 2.24) is 9.38 Å². The van der Waals surface area contributed by atoms with Crippen molar-refractivity contribution in [3.63, 3.8) is 0 Å². The van der Waals surface area contributed by atoms with Gasteiger partial charge in [-0.2, -0.15) is 5.26 Å². The minimum atomic E-state index is -0.452. The van der Waals surface area contributed by atoms with Crippen molar-refractivity contribution < 1.29 is 4.79 Å². The molecule has 5 nitrogen and oxygen atoms in total. The zero-order valence-electron chi connectivity index (χ0n) is 11.3. The van der Waals surface area contributed by atoms with Crippen LogP contribution in [-0.4, -0.2) is 15.3 Å². The van der Waals surface area contributed by atoms with E-state index in [0.717, 1.165) is 0 Å². The highest BCUT2D eigenvalue weighted by atomic mass is 79.9. The molecule has 0 unspecified atom stereocenters. The van der Waals surface area contributed by atoms with Gasteiger partial charge in [-0.3, -0.25) is 9.20 Å². The van der Waals surface area contributed by atoms with Crippen molar-refractivity contribution in [3.05, 3.63) is 62.4 Å². The molecule has 1 amide bonds. The van der Waals surface area contributed by atoms with Gasteiger partial charge in [0, 0.05) is 6.20 Å². The number of halogens is 3. The van der Waals surface area contributed by atoms with Crippen molar-refractivity contribution in [2.24, 2.45) is 0 Å². The third kappa shape index (κ3) is 2.79. The van der Waals surface area contributed by atoms with Crippen LogP contribution in [0.25, 0.3) is 5.65 Å².